The van der Waals surface area contributed by atoms with Gasteiger partial charge in [0.1, 0.15) is 6.04 Å². The maximum absolute atomic E-state index is 11.6. The number of amides is 2. The molecule has 2 amide bonds. The maximum Gasteiger partial charge on any atom is 0.313 e. The van der Waals surface area contributed by atoms with Crippen molar-refractivity contribution in [2.24, 2.45) is 5.73 Å². The van der Waals surface area contributed by atoms with E-state index in [-0.39, 0.29) is 5.78 Å². The number of aryl methyl sites for hydroxylation is 1. The van der Waals surface area contributed by atoms with Gasteiger partial charge in [-0.1, -0.05) is 24.3 Å². The van der Waals surface area contributed by atoms with Gasteiger partial charge in [-0.3, -0.25) is 4.79 Å². The lowest BCUT2D eigenvalue weighted by Gasteiger charge is -2.24. The largest absolute Gasteiger partial charge is 0.352 e. The van der Waals surface area contributed by atoms with E-state index in [0.717, 1.165) is 17.5 Å². The van der Waals surface area contributed by atoms with Crippen LogP contribution in [0.2, 0.25) is 0 Å². The molecule has 0 fully saturated rings. The van der Waals surface area contributed by atoms with Crippen molar-refractivity contribution in [2.45, 2.75) is 18.9 Å². The Morgan fingerprint density at radius 2 is 2.07 bits per heavy atom. The third-order valence-electron chi connectivity index (χ3n) is 2.62. The summed E-state index contributed by atoms with van der Waals surface area (Å²) in [6, 6.07) is 6.38. The third-order valence-corrected chi connectivity index (χ3v) is 2.62. The third kappa shape index (κ3) is 1.83. The highest BCUT2D eigenvalue weighted by Crippen LogP contribution is 2.26. The van der Waals surface area contributed by atoms with Gasteiger partial charge in [-0.25, -0.2) is 4.79 Å². The molecule has 0 saturated carbocycles. The Kier molecular flexibility index (Phi) is 2.41. The summed E-state index contributed by atoms with van der Waals surface area (Å²) >= 11 is 0. The number of carbonyl (C=O) groups is 2. The average Bonchev–Trinajstić information content (AvgIpc) is 2.22. The molecular weight excluding hydrogens is 192 g/mol. The van der Waals surface area contributed by atoms with Gasteiger partial charge in [-0.05, 0) is 17.5 Å². The summed E-state index contributed by atoms with van der Waals surface area (Å²) in [5.41, 5.74) is 7.02. The van der Waals surface area contributed by atoms with Crippen LogP contribution in [0.1, 0.15) is 23.6 Å². The smallest absolute Gasteiger partial charge is 0.313 e. The normalized spacial score (nSPS) is 19.5. The SMILES string of the molecule is NC(=O)NC1C(=O)CCc2ccccc21. The summed E-state index contributed by atoms with van der Waals surface area (Å²) in [7, 11) is 0. The lowest BCUT2D eigenvalue weighted by atomic mass is 9.87. The molecule has 0 heterocycles. The van der Waals surface area contributed by atoms with Crippen molar-refractivity contribution in [3.05, 3.63) is 35.4 Å². The van der Waals surface area contributed by atoms with Crippen LogP contribution in [0.3, 0.4) is 0 Å². The van der Waals surface area contributed by atoms with Crippen molar-refractivity contribution in [3.63, 3.8) is 0 Å². The monoisotopic (exact) mass is 204 g/mol. The number of rotatable bonds is 1. The Bertz CT molecular complexity index is 415. The zero-order valence-corrected chi connectivity index (χ0v) is 8.19. The second-order valence-corrected chi connectivity index (χ2v) is 3.61. The van der Waals surface area contributed by atoms with Crippen molar-refractivity contribution in [3.8, 4) is 0 Å². The fraction of sp³-hybridized carbons (Fsp3) is 0.273. The van der Waals surface area contributed by atoms with Gasteiger partial charge >= 0.3 is 6.03 Å². The van der Waals surface area contributed by atoms with Gasteiger partial charge in [0.25, 0.3) is 0 Å². The van der Waals surface area contributed by atoms with Gasteiger partial charge in [0.15, 0.2) is 5.78 Å². The first-order valence-corrected chi connectivity index (χ1v) is 4.85. The van der Waals surface area contributed by atoms with Crippen LogP contribution in [0, 0.1) is 0 Å². The number of hydrogen-bond donors (Lipinski definition) is 2. The molecule has 2 rings (SSSR count). The molecule has 4 heteroatoms. The Morgan fingerprint density at radius 1 is 1.33 bits per heavy atom. The lowest BCUT2D eigenvalue weighted by molar-refractivity contribution is -0.121. The molecule has 0 spiro atoms. The van der Waals surface area contributed by atoms with Gasteiger partial charge in [-0.15, -0.1) is 0 Å². The molecular formula is C11H12N2O2. The first-order chi connectivity index (χ1) is 7.18. The predicted octanol–water partition coefficient (Wildman–Crippen LogP) is 0.911. The topological polar surface area (TPSA) is 72.2 Å². The quantitative estimate of drug-likeness (QED) is 0.713. The number of nitrogens with one attached hydrogen (secondary N) is 1. The molecule has 0 bridgehead atoms. The first-order valence-electron chi connectivity index (χ1n) is 4.85. The van der Waals surface area contributed by atoms with E-state index in [2.05, 4.69) is 5.32 Å². The summed E-state index contributed by atoms with van der Waals surface area (Å²) in [5, 5.41) is 2.48. The molecule has 1 aromatic rings. The van der Waals surface area contributed by atoms with Crippen LogP contribution in [-0.2, 0) is 11.2 Å². The van der Waals surface area contributed by atoms with Crippen molar-refractivity contribution in [1.29, 1.82) is 0 Å². The summed E-state index contributed by atoms with van der Waals surface area (Å²) < 4.78 is 0. The average molecular weight is 204 g/mol. The second kappa shape index (κ2) is 3.73. The minimum Gasteiger partial charge on any atom is -0.352 e. The Balaban J connectivity index is 2.37. The molecule has 0 radical (unpaired) electrons. The van der Waals surface area contributed by atoms with Gasteiger partial charge in [0, 0.05) is 6.42 Å². The van der Waals surface area contributed by atoms with Gasteiger partial charge < -0.3 is 11.1 Å². The number of Topliss-reactive ketones (excluding diaryl/α,β-unsaturated/α-hetero) is 1. The Labute approximate surface area is 87.5 Å². The molecule has 3 N–H and O–H groups in total. The molecule has 1 aromatic carbocycles. The second-order valence-electron chi connectivity index (χ2n) is 3.61. The molecule has 1 unspecified atom stereocenters. The van der Waals surface area contributed by atoms with E-state index < -0.39 is 12.1 Å². The summed E-state index contributed by atoms with van der Waals surface area (Å²) in [4.78, 5) is 22.4. The molecule has 0 aliphatic heterocycles. The number of carbonyl (C=O) groups excluding carboxylic acids is 2. The van der Waals surface area contributed by atoms with E-state index >= 15 is 0 Å². The zero-order chi connectivity index (χ0) is 10.8. The molecule has 1 aliphatic rings. The van der Waals surface area contributed by atoms with Crippen molar-refractivity contribution >= 4 is 11.8 Å². The first kappa shape index (κ1) is 9.71. The lowest BCUT2D eigenvalue weighted by Crippen LogP contribution is -2.39. The number of nitrogens with two attached hydrogens (primary N) is 1. The summed E-state index contributed by atoms with van der Waals surface area (Å²) in [6.07, 6.45) is 1.20. The molecule has 1 aliphatic carbocycles. The number of urea groups is 1. The predicted molar refractivity (Wildman–Crippen MR) is 55.2 cm³/mol. The summed E-state index contributed by atoms with van der Waals surface area (Å²) in [5.74, 6) is 0.0208. The minimum atomic E-state index is -0.662. The zero-order valence-electron chi connectivity index (χ0n) is 8.19. The van der Waals surface area contributed by atoms with E-state index in [1.165, 1.54) is 0 Å². The van der Waals surface area contributed by atoms with E-state index in [0.29, 0.717) is 6.42 Å². The molecule has 78 valence electrons. The molecule has 0 saturated heterocycles. The van der Waals surface area contributed by atoms with Gasteiger partial charge in [0.05, 0.1) is 0 Å². The van der Waals surface area contributed by atoms with Crippen LogP contribution in [0.15, 0.2) is 24.3 Å². The number of ketones is 1. The van der Waals surface area contributed by atoms with Crippen molar-refractivity contribution in [2.75, 3.05) is 0 Å². The molecule has 4 nitrogen and oxygen atoms in total. The minimum absolute atomic E-state index is 0.0208. The van der Waals surface area contributed by atoms with Crippen LogP contribution in [0.5, 0.6) is 0 Å². The van der Waals surface area contributed by atoms with Gasteiger partial charge in [0.2, 0.25) is 0 Å². The van der Waals surface area contributed by atoms with Crippen LogP contribution in [0.4, 0.5) is 4.79 Å². The number of fused-ring (bicyclic) bond motifs is 1. The van der Waals surface area contributed by atoms with Crippen LogP contribution >= 0.6 is 0 Å². The molecule has 15 heavy (non-hydrogen) atoms. The van der Waals surface area contributed by atoms with E-state index in [4.69, 9.17) is 5.73 Å². The van der Waals surface area contributed by atoms with E-state index in [1.807, 2.05) is 24.3 Å². The highest BCUT2D eigenvalue weighted by atomic mass is 16.2. The standard InChI is InChI=1S/C11H12N2O2/c12-11(15)13-10-8-4-2-1-3-7(8)5-6-9(10)14/h1-4,10H,5-6H2,(H3,12,13,15). The fourth-order valence-electron chi connectivity index (χ4n) is 1.92. The van der Waals surface area contributed by atoms with E-state index in [1.54, 1.807) is 0 Å². The molecule has 0 aromatic heterocycles. The number of benzene rings is 1. The van der Waals surface area contributed by atoms with Crippen LogP contribution < -0.4 is 11.1 Å². The van der Waals surface area contributed by atoms with E-state index in [9.17, 15) is 9.59 Å². The Hall–Kier alpha value is -1.84. The summed E-state index contributed by atoms with van der Waals surface area (Å²) in [6.45, 7) is 0. The number of primary amides is 1. The maximum atomic E-state index is 11.6. The highest BCUT2D eigenvalue weighted by molar-refractivity contribution is 5.91. The van der Waals surface area contributed by atoms with Crippen molar-refractivity contribution < 1.29 is 9.59 Å². The Morgan fingerprint density at radius 3 is 2.80 bits per heavy atom. The highest BCUT2D eigenvalue weighted by Gasteiger charge is 2.27. The number of hydrogen-bond acceptors (Lipinski definition) is 2. The van der Waals surface area contributed by atoms with Gasteiger partial charge in [-0.2, -0.15) is 0 Å². The van der Waals surface area contributed by atoms with Crippen molar-refractivity contribution in [1.82, 2.24) is 5.32 Å². The molecule has 1 atom stereocenters. The van der Waals surface area contributed by atoms with Crippen LogP contribution in [-0.4, -0.2) is 11.8 Å². The van der Waals surface area contributed by atoms with Crippen LogP contribution in [0.25, 0.3) is 0 Å². The fourth-order valence-corrected chi connectivity index (χ4v) is 1.92.